The van der Waals surface area contributed by atoms with Crippen LogP contribution in [0.3, 0.4) is 0 Å². The SMILES string of the molecule is CCC(C(=O)O)C(O)(C(=O)O)C(CC)(CC)C(=O)O.CCC(C(=O)O)C(O)(C(=O)O)C(CC)(CC)C(=O)O.CCC(C(=O)O)C(O)(C(=O)O)C(CC)(CC)C(=O)O.CCC(C(=O)O)C(O)(C(=O)O)C(CC)(CC)C(=O)O.CCC(C(=O)O)C(O)(C(=O)O)C(CC)(CC)C(=O)O.[Ta].[Ta].[Ta]. The Labute approximate surface area is 612 Å². The number of aliphatic carboxylic acids is 15. The van der Waals surface area contributed by atoms with E-state index in [-0.39, 0.29) is 163 Å². The van der Waals surface area contributed by atoms with Crippen LogP contribution in [0.4, 0.5) is 0 Å². The first-order valence-electron chi connectivity index (χ1n) is 30.4. The fourth-order valence-electron chi connectivity index (χ4n) is 13.0. The summed E-state index contributed by atoms with van der Waals surface area (Å²) in [5.74, 6) is -32.8. The van der Waals surface area contributed by atoms with Gasteiger partial charge in [0.25, 0.3) is 0 Å². The van der Waals surface area contributed by atoms with Crippen LogP contribution in [-0.2, 0) is 139 Å². The molecule has 10 unspecified atom stereocenters. The van der Waals surface area contributed by atoms with Crippen molar-refractivity contribution in [2.45, 2.75) is 228 Å². The van der Waals surface area contributed by atoms with Crippen LogP contribution >= 0.6 is 0 Å². The van der Waals surface area contributed by atoms with Crippen molar-refractivity contribution >= 4 is 89.5 Å². The van der Waals surface area contributed by atoms with E-state index in [4.69, 9.17) is 25.5 Å². The number of carboxylic acid groups (broad SMARTS) is 15. The third-order valence-corrected chi connectivity index (χ3v) is 19.4. The number of aliphatic hydroxyl groups is 5. The van der Waals surface area contributed by atoms with Crippen LogP contribution in [0, 0.1) is 56.7 Å². The molecule has 0 aromatic carbocycles. The summed E-state index contributed by atoms with van der Waals surface area (Å²) in [6.07, 6.45) is -2.83. The number of carboxylic acids is 15. The minimum atomic E-state index is -2.86. The van der Waals surface area contributed by atoms with E-state index in [1.807, 2.05) is 0 Å². The zero-order chi connectivity index (χ0) is 77.2. The molecule has 98 heavy (non-hydrogen) atoms. The van der Waals surface area contributed by atoms with Gasteiger partial charge in [0.15, 0.2) is 28.0 Å². The Kier molecular flexibility index (Phi) is 48.9. The Morgan fingerprint density at radius 1 is 0.194 bits per heavy atom. The van der Waals surface area contributed by atoms with E-state index in [9.17, 15) is 149 Å². The van der Waals surface area contributed by atoms with E-state index >= 15 is 0 Å². The van der Waals surface area contributed by atoms with Gasteiger partial charge in [0, 0.05) is 67.1 Å². The molecule has 0 aliphatic carbocycles. The van der Waals surface area contributed by atoms with Crippen LogP contribution in [0.2, 0.25) is 0 Å². The Hall–Kier alpha value is -5.93. The molecule has 0 aliphatic rings. The molecule has 10 atom stereocenters. The minimum absolute atomic E-state index is 0. The molecule has 0 spiro atoms. The maximum atomic E-state index is 11.5. The summed E-state index contributed by atoms with van der Waals surface area (Å²) in [7, 11) is 0. The monoisotopic (exact) mass is 1920 g/mol. The van der Waals surface area contributed by atoms with Gasteiger partial charge in [-0.15, -0.1) is 0 Å². The average Bonchev–Trinajstić information content (AvgIpc) is 0.785. The van der Waals surface area contributed by atoms with Gasteiger partial charge in [-0.2, -0.15) is 0 Å². The number of hydrogen-bond acceptors (Lipinski definition) is 20. The number of carbonyl (C=O) groups is 15. The third kappa shape index (κ3) is 20.0. The van der Waals surface area contributed by atoms with Crippen molar-refractivity contribution in [3.05, 3.63) is 0 Å². The first-order chi connectivity index (χ1) is 43.3. The van der Waals surface area contributed by atoms with E-state index in [2.05, 4.69) is 0 Å². The maximum absolute atomic E-state index is 11.5. The van der Waals surface area contributed by atoms with Crippen molar-refractivity contribution in [3.8, 4) is 0 Å². The molecule has 0 amide bonds. The molecule has 0 saturated heterocycles. The van der Waals surface area contributed by atoms with Crippen LogP contribution < -0.4 is 0 Å². The molecule has 565 valence electrons. The zero-order valence-electron chi connectivity index (χ0n) is 57.4. The summed E-state index contributed by atoms with van der Waals surface area (Å²) in [5.41, 5.74) is -24.5. The fraction of sp³-hybridized carbons (Fsp3) is 0.750. The molecule has 0 heterocycles. The van der Waals surface area contributed by atoms with Gasteiger partial charge in [-0.3, -0.25) is 47.9 Å². The summed E-state index contributed by atoms with van der Waals surface area (Å²) < 4.78 is 0. The molecule has 0 saturated carbocycles. The van der Waals surface area contributed by atoms with Gasteiger partial charge in [0.1, 0.15) is 27.1 Å². The average molecular weight is 1920 g/mol. The van der Waals surface area contributed by atoms with E-state index < -0.39 is 174 Å². The summed E-state index contributed by atoms with van der Waals surface area (Å²) in [6, 6.07) is 0. The molecule has 0 aliphatic heterocycles. The van der Waals surface area contributed by atoms with Crippen molar-refractivity contribution < 1.29 is 241 Å². The van der Waals surface area contributed by atoms with Gasteiger partial charge in [0.05, 0.1) is 29.6 Å². The predicted octanol–water partition coefficient (Wildman–Crippen LogP) is 4.01. The standard InChI is InChI=1S/5C12H20O7.3Ta/c5*1-4-7(8(13)14)12(19,10(17)18)11(5-2,6-3)9(15)16;;;/h5*7,19H,4-6H2,1-3H3,(H,13,14)(H,15,16)(H,17,18);;;. The summed E-state index contributed by atoms with van der Waals surface area (Å²) >= 11 is 0. The molecule has 0 aromatic heterocycles. The predicted molar refractivity (Wildman–Crippen MR) is 323 cm³/mol. The van der Waals surface area contributed by atoms with Gasteiger partial charge >= 0.3 is 89.5 Å². The molecule has 20 N–H and O–H groups in total. The Balaban J connectivity index is -0.000000171. The van der Waals surface area contributed by atoms with Crippen molar-refractivity contribution in [2.75, 3.05) is 0 Å². The largest absolute Gasteiger partial charge is 0.481 e. The van der Waals surface area contributed by atoms with Crippen molar-refractivity contribution in [1.29, 1.82) is 0 Å². The van der Waals surface area contributed by atoms with Crippen molar-refractivity contribution in [3.63, 3.8) is 0 Å². The Morgan fingerprint density at radius 3 is 0.306 bits per heavy atom. The first kappa shape index (κ1) is 108. The summed E-state index contributed by atoms with van der Waals surface area (Å²) in [4.78, 5) is 170. The Bertz CT molecular complexity index is 2300. The van der Waals surface area contributed by atoms with Crippen LogP contribution in [0.5, 0.6) is 0 Å². The Morgan fingerprint density at radius 2 is 0.276 bits per heavy atom. The maximum Gasteiger partial charge on any atom is 0.337 e. The molecule has 35 nitrogen and oxygen atoms in total. The summed E-state index contributed by atoms with van der Waals surface area (Å²) in [5, 5.41) is 190. The third-order valence-electron chi connectivity index (χ3n) is 19.4. The van der Waals surface area contributed by atoms with E-state index in [0.29, 0.717) is 0 Å². The summed E-state index contributed by atoms with van der Waals surface area (Å²) in [6.45, 7) is 21.1. The number of rotatable bonds is 40. The molecule has 0 bridgehead atoms. The second kappa shape index (κ2) is 44.3. The van der Waals surface area contributed by atoms with E-state index in [1.165, 1.54) is 104 Å². The molecule has 0 aromatic rings. The first-order valence-corrected chi connectivity index (χ1v) is 30.4. The molecule has 0 fully saturated rings. The van der Waals surface area contributed by atoms with Gasteiger partial charge in [0.2, 0.25) is 0 Å². The molecule has 0 rings (SSSR count). The smallest absolute Gasteiger partial charge is 0.337 e. The van der Waals surface area contributed by atoms with Crippen LogP contribution in [0.1, 0.15) is 200 Å². The van der Waals surface area contributed by atoms with Crippen LogP contribution in [0.15, 0.2) is 0 Å². The molecular formula is C60H100O35Ta3. The second-order valence-electron chi connectivity index (χ2n) is 22.3. The van der Waals surface area contributed by atoms with E-state index in [1.54, 1.807) is 0 Å². The van der Waals surface area contributed by atoms with Crippen LogP contribution in [0.25, 0.3) is 0 Å². The zero-order valence-corrected chi connectivity index (χ0v) is 67.0. The van der Waals surface area contributed by atoms with E-state index in [0.717, 1.165) is 0 Å². The molecule has 3 radical (unpaired) electrons. The molecular weight excluding hydrogens is 1820 g/mol. The second-order valence-corrected chi connectivity index (χ2v) is 22.3. The minimum Gasteiger partial charge on any atom is -0.481 e. The van der Waals surface area contributed by atoms with Gasteiger partial charge in [-0.05, 0) is 96.3 Å². The van der Waals surface area contributed by atoms with Crippen LogP contribution in [-0.4, -0.2) is 220 Å². The van der Waals surface area contributed by atoms with Crippen molar-refractivity contribution in [1.82, 2.24) is 0 Å². The quantitative estimate of drug-likeness (QED) is 0.0412. The van der Waals surface area contributed by atoms with Crippen molar-refractivity contribution in [2.24, 2.45) is 56.7 Å². The normalized spacial score (nSPS) is 15.9. The topological polar surface area (TPSA) is 661 Å². The van der Waals surface area contributed by atoms with Gasteiger partial charge < -0.3 is 102 Å². The van der Waals surface area contributed by atoms with Gasteiger partial charge in [-0.1, -0.05) is 104 Å². The molecule has 38 heteroatoms. The fourth-order valence-corrected chi connectivity index (χ4v) is 13.0. The number of hydrogen-bond donors (Lipinski definition) is 20. The van der Waals surface area contributed by atoms with Gasteiger partial charge in [-0.25, -0.2) is 24.0 Å².